The van der Waals surface area contributed by atoms with Gasteiger partial charge in [0.1, 0.15) is 5.75 Å². The van der Waals surface area contributed by atoms with Crippen molar-refractivity contribution in [3.63, 3.8) is 0 Å². The number of rotatable bonds is 6. The Kier molecular flexibility index (Phi) is 5.65. The second-order valence-electron chi connectivity index (χ2n) is 4.54. The zero-order valence-corrected chi connectivity index (χ0v) is 11.2. The molecule has 4 heteroatoms. The van der Waals surface area contributed by atoms with Crippen molar-refractivity contribution in [3.8, 4) is 5.75 Å². The van der Waals surface area contributed by atoms with Crippen molar-refractivity contribution < 1.29 is 14.6 Å². The summed E-state index contributed by atoms with van der Waals surface area (Å²) in [5.41, 5.74) is 1.71. The maximum atomic E-state index is 11.4. The molecule has 1 amide bonds. The van der Waals surface area contributed by atoms with E-state index < -0.39 is 0 Å². The van der Waals surface area contributed by atoms with E-state index in [0.29, 0.717) is 18.8 Å². The highest BCUT2D eigenvalue weighted by atomic mass is 16.5. The summed E-state index contributed by atoms with van der Waals surface area (Å²) in [4.78, 5) is 11.4. The number of carbonyl (C=O) groups excluding carboxylic acids is 1. The van der Waals surface area contributed by atoms with Crippen molar-refractivity contribution in [1.82, 2.24) is 5.32 Å². The van der Waals surface area contributed by atoms with Gasteiger partial charge in [-0.05, 0) is 26.3 Å². The van der Waals surface area contributed by atoms with E-state index in [1.165, 1.54) is 0 Å². The first-order valence-electron chi connectivity index (χ1n) is 6.16. The van der Waals surface area contributed by atoms with Gasteiger partial charge in [-0.25, -0.2) is 0 Å². The predicted octanol–water partition coefficient (Wildman–Crippen LogP) is 1.78. The third-order valence-corrected chi connectivity index (χ3v) is 2.49. The quantitative estimate of drug-likeness (QED) is 0.810. The van der Waals surface area contributed by atoms with Gasteiger partial charge < -0.3 is 15.2 Å². The minimum absolute atomic E-state index is 0.0240. The van der Waals surface area contributed by atoms with E-state index in [2.05, 4.69) is 5.32 Å². The summed E-state index contributed by atoms with van der Waals surface area (Å²) in [5, 5.41) is 12.0. The van der Waals surface area contributed by atoms with E-state index in [-0.39, 0.29) is 18.6 Å². The number of aliphatic hydroxyl groups is 1. The molecule has 0 unspecified atom stereocenters. The molecule has 0 aliphatic rings. The Morgan fingerprint density at radius 3 is 2.78 bits per heavy atom. The Morgan fingerprint density at radius 2 is 2.17 bits per heavy atom. The minimum Gasteiger partial charge on any atom is -0.492 e. The summed E-state index contributed by atoms with van der Waals surface area (Å²) in [6.45, 7) is 6.02. The van der Waals surface area contributed by atoms with Crippen LogP contribution in [0.3, 0.4) is 0 Å². The topological polar surface area (TPSA) is 58.6 Å². The zero-order valence-electron chi connectivity index (χ0n) is 11.2. The van der Waals surface area contributed by atoms with Gasteiger partial charge in [-0.2, -0.15) is 0 Å². The molecule has 4 nitrogen and oxygen atoms in total. The van der Waals surface area contributed by atoms with Gasteiger partial charge in [0.15, 0.2) is 0 Å². The third-order valence-electron chi connectivity index (χ3n) is 2.49. The fraction of sp³-hybridized carbons (Fsp3) is 0.500. The van der Waals surface area contributed by atoms with Gasteiger partial charge in [0, 0.05) is 11.6 Å². The minimum atomic E-state index is -0.0603. The SMILES string of the molecule is Cc1cccc(CO)c1OCCC(=O)NC(C)C. The average Bonchev–Trinajstić information content (AvgIpc) is 2.30. The molecule has 0 aromatic heterocycles. The number of amides is 1. The van der Waals surface area contributed by atoms with Gasteiger partial charge in [-0.1, -0.05) is 18.2 Å². The number of nitrogens with one attached hydrogen (secondary N) is 1. The first-order valence-corrected chi connectivity index (χ1v) is 6.16. The standard InChI is InChI=1S/C14H21NO3/c1-10(2)15-13(17)7-8-18-14-11(3)5-4-6-12(14)9-16/h4-6,10,16H,7-9H2,1-3H3,(H,15,17). The molecule has 2 N–H and O–H groups in total. The van der Waals surface area contributed by atoms with Crippen LogP contribution in [0.25, 0.3) is 0 Å². The van der Waals surface area contributed by atoms with Crippen LogP contribution in [0, 0.1) is 6.92 Å². The number of carbonyl (C=O) groups is 1. The molecular formula is C14H21NO3. The van der Waals surface area contributed by atoms with Gasteiger partial charge in [0.2, 0.25) is 5.91 Å². The first-order chi connectivity index (χ1) is 8.54. The maximum absolute atomic E-state index is 11.4. The van der Waals surface area contributed by atoms with E-state index in [4.69, 9.17) is 4.74 Å². The van der Waals surface area contributed by atoms with Gasteiger partial charge in [0.25, 0.3) is 0 Å². The number of hydrogen-bond donors (Lipinski definition) is 2. The molecule has 100 valence electrons. The number of para-hydroxylation sites is 1. The van der Waals surface area contributed by atoms with Crippen LogP contribution in [0.1, 0.15) is 31.4 Å². The van der Waals surface area contributed by atoms with Crippen LogP contribution in [0.2, 0.25) is 0 Å². The number of aryl methyl sites for hydroxylation is 1. The molecule has 0 atom stereocenters. The van der Waals surface area contributed by atoms with Gasteiger partial charge in [-0.15, -0.1) is 0 Å². The van der Waals surface area contributed by atoms with Crippen LogP contribution in [0.5, 0.6) is 5.75 Å². The summed E-state index contributed by atoms with van der Waals surface area (Å²) < 4.78 is 5.59. The fourth-order valence-corrected chi connectivity index (χ4v) is 1.68. The van der Waals surface area contributed by atoms with Crippen LogP contribution in [0.15, 0.2) is 18.2 Å². The molecule has 0 spiro atoms. The Hall–Kier alpha value is -1.55. The number of aliphatic hydroxyl groups excluding tert-OH is 1. The van der Waals surface area contributed by atoms with Crippen molar-refractivity contribution in [1.29, 1.82) is 0 Å². The van der Waals surface area contributed by atoms with E-state index >= 15 is 0 Å². The Balaban J connectivity index is 2.51. The smallest absolute Gasteiger partial charge is 0.223 e. The van der Waals surface area contributed by atoms with Crippen molar-refractivity contribution in [2.45, 2.75) is 39.8 Å². The van der Waals surface area contributed by atoms with Crippen molar-refractivity contribution in [3.05, 3.63) is 29.3 Å². The first kappa shape index (κ1) is 14.5. The second kappa shape index (κ2) is 7.01. The number of ether oxygens (including phenoxy) is 1. The van der Waals surface area contributed by atoms with Crippen molar-refractivity contribution in [2.75, 3.05) is 6.61 Å². The molecule has 1 rings (SSSR count). The number of hydrogen-bond acceptors (Lipinski definition) is 3. The van der Waals surface area contributed by atoms with Gasteiger partial charge in [0.05, 0.1) is 19.6 Å². The van der Waals surface area contributed by atoms with Gasteiger partial charge >= 0.3 is 0 Å². The van der Waals surface area contributed by atoms with E-state index in [1.807, 2.05) is 39.0 Å². The summed E-state index contributed by atoms with van der Waals surface area (Å²) in [5.74, 6) is 0.654. The molecule has 0 aliphatic carbocycles. The molecule has 0 saturated heterocycles. The van der Waals surface area contributed by atoms with Crippen LogP contribution in [-0.4, -0.2) is 23.7 Å². The summed E-state index contributed by atoms with van der Waals surface area (Å²) >= 11 is 0. The largest absolute Gasteiger partial charge is 0.492 e. The monoisotopic (exact) mass is 251 g/mol. The van der Waals surface area contributed by atoms with E-state index in [9.17, 15) is 9.90 Å². The highest BCUT2D eigenvalue weighted by Crippen LogP contribution is 2.23. The van der Waals surface area contributed by atoms with Crippen LogP contribution >= 0.6 is 0 Å². The summed E-state index contributed by atoms with van der Waals surface area (Å²) in [6, 6.07) is 5.75. The molecule has 1 aromatic rings. The molecule has 0 aliphatic heterocycles. The predicted molar refractivity (Wildman–Crippen MR) is 70.5 cm³/mol. The normalized spacial score (nSPS) is 10.5. The summed E-state index contributed by atoms with van der Waals surface area (Å²) in [6.07, 6.45) is 0.317. The third kappa shape index (κ3) is 4.37. The van der Waals surface area contributed by atoms with Crippen molar-refractivity contribution >= 4 is 5.91 Å². The Bertz CT molecular complexity index is 402. The molecule has 0 radical (unpaired) electrons. The summed E-state index contributed by atoms with van der Waals surface area (Å²) in [7, 11) is 0. The molecule has 0 heterocycles. The van der Waals surface area contributed by atoms with Crippen LogP contribution < -0.4 is 10.1 Å². The lowest BCUT2D eigenvalue weighted by atomic mass is 10.1. The van der Waals surface area contributed by atoms with E-state index in [0.717, 1.165) is 11.1 Å². The van der Waals surface area contributed by atoms with E-state index in [1.54, 1.807) is 0 Å². The highest BCUT2D eigenvalue weighted by molar-refractivity contribution is 5.76. The lowest BCUT2D eigenvalue weighted by molar-refractivity contribution is -0.122. The molecule has 1 aromatic carbocycles. The van der Waals surface area contributed by atoms with Crippen LogP contribution in [0.4, 0.5) is 0 Å². The molecular weight excluding hydrogens is 230 g/mol. The highest BCUT2D eigenvalue weighted by Gasteiger charge is 2.08. The molecule has 0 saturated carbocycles. The molecule has 0 fully saturated rings. The van der Waals surface area contributed by atoms with Crippen LogP contribution in [-0.2, 0) is 11.4 Å². The fourth-order valence-electron chi connectivity index (χ4n) is 1.68. The Labute approximate surface area is 108 Å². The maximum Gasteiger partial charge on any atom is 0.223 e. The lowest BCUT2D eigenvalue weighted by Gasteiger charge is -2.13. The Morgan fingerprint density at radius 1 is 1.44 bits per heavy atom. The lowest BCUT2D eigenvalue weighted by Crippen LogP contribution is -2.31. The second-order valence-corrected chi connectivity index (χ2v) is 4.54. The zero-order chi connectivity index (χ0) is 13.5. The van der Waals surface area contributed by atoms with Crippen molar-refractivity contribution in [2.24, 2.45) is 0 Å². The molecule has 0 bridgehead atoms. The average molecular weight is 251 g/mol. The molecule has 18 heavy (non-hydrogen) atoms. The number of benzene rings is 1. The van der Waals surface area contributed by atoms with Gasteiger partial charge in [-0.3, -0.25) is 4.79 Å².